The Kier molecular flexibility index (Phi) is 5.86. The van der Waals surface area contributed by atoms with E-state index in [1.807, 2.05) is 0 Å². The highest BCUT2D eigenvalue weighted by molar-refractivity contribution is 5.69. The van der Waals surface area contributed by atoms with Crippen LogP contribution in [0.15, 0.2) is 24.3 Å². The predicted molar refractivity (Wildman–Crippen MR) is 73.5 cm³/mol. The van der Waals surface area contributed by atoms with Gasteiger partial charge in [0.25, 0.3) is 0 Å². The van der Waals surface area contributed by atoms with Gasteiger partial charge in [-0.3, -0.25) is 4.79 Å². The Hall–Kier alpha value is -1.35. The molecule has 0 aliphatic heterocycles. The van der Waals surface area contributed by atoms with Crippen LogP contribution < -0.4 is 5.32 Å². The topological polar surface area (TPSA) is 49.3 Å². The smallest absolute Gasteiger partial charge is 0.307 e. The van der Waals surface area contributed by atoms with E-state index in [-0.39, 0.29) is 5.92 Å². The lowest BCUT2D eigenvalue weighted by molar-refractivity contribution is -0.140. The molecule has 0 radical (unpaired) electrons. The van der Waals surface area contributed by atoms with Crippen LogP contribution in [0.3, 0.4) is 0 Å². The number of nitrogens with one attached hydrogen (secondary N) is 1. The first-order valence-corrected chi connectivity index (χ1v) is 6.50. The van der Waals surface area contributed by atoms with Crippen molar-refractivity contribution in [3.8, 4) is 0 Å². The largest absolute Gasteiger partial charge is 0.481 e. The molecule has 0 bridgehead atoms. The van der Waals surface area contributed by atoms with Crippen molar-refractivity contribution in [2.75, 3.05) is 6.54 Å². The molecule has 0 aromatic heterocycles. The molecule has 2 N–H and O–H groups in total. The second kappa shape index (κ2) is 7.17. The molecule has 3 nitrogen and oxygen atoms in total. The summed E-state index contributed by atoms with van der Waals surface area (Å²) in [6, 6.07) is 8.52. The van der Waals surface area contributed by atoms with Gasteiger partial charge in [-0.25, -0.2) is 0 Å². The number of hydrogen-bond acceptors (Lipinski definition) is 2. The highest BCUT2D eigenvalue weighted by Crippen LogP contribution is 2.09. The first-order chi connectivity index (χ1) is 8.49. The van der Waals surface area contributed by atoms with Crippen molar-refractivity contribution in [2.24, 2.45) is 11.8 Å². The zero-order chi connectivity index (χ0) is 13.5. The molecule has 0 saturated heterocycles. The van der Waals surface area contributed by atoms with Crippen LogP contribution in [0.1, 0.15) is 31.9 Å². The maximum atomic E-state index is 10.6. The van der Waals surface area contributed by atoms with Crippen molar-refractivity contribution in [1.29, 1.82) is 0 Å². The first kappa shape index (κ1) is 14.7. The van der Waals surface area contributed by atoms with E-state index >= 15 is 0 Å². The summed E-state index contributed by atoms with van der Waals surface area (Å²) in [7, 11) is 0. The fourth-order valence-corrected chi connectivity index (χ4v) is 1.78. The van der Waals surface area contributed by atoms with Gasteiger partial charge < -0.3 is 10.4 Å². The van der Waals surface area contributed by atoms with Gasteiger partial charge >= 0.3 is 5.97 Å². The van der Waals surface area contributed by atoms with Crippen molar-refractivity contribution >= 4 is 5.97 Å². The minimum absolute atomic E-state index is 0.342. The quantitative estimate of drug-likeness (QED) is 0.781. The standard InChI is InChI=1S/C15H23NO2/c1-11(2)8-13-4-6-14(7-5-13)10-16-9-12(3)15(17)18/h4-7,11-12,16H,8-10H2,1-3H3,(H,17,18). The van der Waals surface area contributed by atoms with Crippen LogP contribution >= 0.6 is 0 Å². The lowest BCUT2D eigenvalue weighted by atomic mass is 10.0. The Morgan fingerprint density at radius 3 is 2.22 bits per heavy atom. The second-order valence-electron chi connectivity index (χ2n) is 5.28. The minimum Gasteiger partial charge on any atom is -0.481 e. The van der Waals surface area contributed by atoms with Crippen LogP contribution in [0.4, 0.5) is 0 Å². The monoisotopic (exact) mass is 249 g/mol. The maximum Gasteiger partial charge on any atom is 0.307 e. The summed E-state index contributed by atoms with van der Waals surface area (Å²) in [6.07, 6.45) is 1.10. The number of carboxylic acids is 1. The van der Waals surface area contributed by atoms with Crippen LogP contribution in [0, 0.1) is 11.8 Å². The molecule has 0 spiro atoms. The average molecular weight is 249 g/mol. The highest BCUT2D eigenvalue weighted by Gasteiger charge is 2.09. The van der Waals surface area contributed by atoms with Crippen molar-refractivity contribution in [2.45, 2.75) is 33.7 Å². The van der Waals surface area contributed by atoms with Crippen molar-refractivity contribution < 1.29 is 9.90 Å². The van der Waals surface area contributed by atoms with E-state index in [0.29, 0.717) is 12.5 Å². The van der Waals surface area contributed by atoms with E-state index in [2.05, 4.69) is 43.4 Å². The molecule has 0 fully saturated rings. The van der Waals surface area contributed by atoms with Crippen LogP contribution in [-0.2, 0) is 17.8 Å². The third kappa shape index (κ3) is 5.32. The molecule has 18 heavy (non-hydrogen) atoms. The zero-order valence-electron chi connectivity index (χ0n) is 11.4. The first-order valence-electron chi connectivity index (χ1n) is 6.50. The number of carbonyl (C=O) groups is 1. The van der Waals surface area contributed by atoms with Gasteiger partial charge in [-0.1, -0.05) is 45.0 Å². The van der Waals surface area contributed by atoms with Gasteiger partial charge in [-0.05, 0) is 23.5 Å². The third-order valence-electron chi connectivity index (χ3n) is 2.87. The predicted octanol–water partition coefficient (Wildman–Crippen LogP) is 2.70. The molecule has 1 aromatic carbocycles. The average Bonchev–Trinajstić information content (AvgIpc) is 2.30. The lowest BCUT2D eigenvalue weighted by Crippen LogP contribution is -2.25. The number of aliphatic carboxylic acids is 1. The highest BCUT2D eigenvalue weighted by atomic mass is 16.4. The van der Waals surface area contributed by atoms with Crippen LogP contribution in [0.2, 0.25) is 0 Å². The molecule has 0 heterocycles. The van der Waals surface area contributed by atoms with E-state index in [9.17, 15) is 4.79 Å². The molecule has 0 amide bonds. The number of rotatable bonds is 7. The van der Waals surface area contributed by atoms with E-state index in [0.717, 1.165) is 13.0 Å². The Morgan fingerprint density at radius 2 is 1.72 bits per heavy atom. The normalized spacial score (nSPS) is 12.7. The molecular formula is C15H23NO2. The molecule has 0 aliphatic rings. The summed E-state index contributed by atoms with van der Waals surface area (Å²) < 4.78 is 0. The second-order valence-corrected chi connectivity index (χ2v) is 5.28. The minimum atomic E-state index is -0.755. The Labute approximate surface area is 109 Å². The van der Waals surface area contributed by atoms with E-state index < -0.39 is 5.97 Å². The van der Waals surface area contributed by atoms with Crippen molar-refractivity contribution in [3.05, 3.63) is 35.4 Å². The van der Waals surface area contributed by atoms with E-state index in [1.165, 1.54) is 11.1 Å². The summed E-state index contributed by atoms with van der Waals surface area (Å²) in [5.74, 6) is -0.426. The van der Waals surface area contributed by atoms with Gasteiger partial charge in [-0.15, -0.1) is 0 Å². The van der Waals surface area contributed by atoms with Gasteiger partial charge in [0.05, 0.1) is 5.92 Å². The number of hydrogen-bond donors (Lipinski definition) is 2. The van der Waals surface area contributed by atoms with Crippen LogP contribution in [0.5, 0.6) is 0 Å². The zero-order valence-corrected chi connectivity index (χ0v) is 11.4. The molecule has 0 aliphatic carbocycles. The molecule has 1 rings (SSSR count). The van der Waals surface area contributed by atoms with Gasteiger partial charge in [-0.2, -0.15) is 0 Å². The lowest BCUT2D eigenvalue weighted by Gasteiger charge is -2.09. The van der Waals surface area contributed by atoms with E-state index in [4.69, 9.17) is 5.11 Å². The molecule has 1 unspecified atom stereocenters. The van der Waals surface area contributed by atoms with Gasteiger partial charge in [0.2, 0.25) is 0 Å². The molecule has 100 valence electrons. The summed E-state index contributed by atoms with van der Waals surface area (Å²) in [6.45, 7) is 7.36. The summed E-state index contributed by atoms with van der Waals surface area (Å²) >= 11 is 0. The molecule has 1 aromatic rings. The Bertz CT molecular complexity index is 371. The van der Waals surface area contributed by atoms with E-state index in [1.54, 1.807) is 6.92 Å². The Balaban J connectivity index is 2.37. The summed E-state index contributed by atoms with van der Waals surface area (Å²) in [4.78, 5) is 10.6. The van der Waals surface area contributed by atoms with Gasteiger partial charge in [0, 0.05) is 13.1 Å². The van der Waals surface area contributed by atoms with Gasteiger partial charge in [0.1, 0.15) is 0 Å². The summed E-state index contributed by atoms with van der Waals surface area (Å²) in [5, 5.41) is 11.9. The van der Waals surface area contributed by atoms with Crippen LogP contribution in [0.25, 0.3) is 0 Å². The Morgan fingerprint density at radius 1 is 1.17 bits per heavy atom. The summed E-state index contributed by atoms with van der Waals surface area (Å²) in [5.41, 5.74) is 2.55. The number of carboxylic acid groups (broad SMARTS) is 1. The van der Waals surface area contributed by atoms with Crippen LogP contribution in [-0.4, -0.2) is 17.6 Å². The maximum absolute atomic E-state index is 10.6. The molecule has 3 heteroatoms. The fraction of sp³-hybridized carbons (Fsp3) is 0.533. The van der Waals surface area contributed by atoms with Crippen molar-refractivity contribution in [1.82, 2.24) is 5.32 Å². The molecule has 1 atom stereocenters. The third-order valence-corrected chi connectivity index (χ3v) is 2.87. The number of benzene rings is 1. The van der Waals surface area contributed by atoms with Crippen molar-refractivity contribution in [3.63, 3.8) is 0 Å². The fourth-order valence-electron chi connectivity index (χ4n) is 1.78. The molecule has 0 saturated carbocycles. The molecular weight excluding hydrogens is 226 g/mol. The SMILES string of the molecule is CC(C)Cc1ccc(CNCC(C)C(=O)O)cc1. The van der Waals surface area contributed by atoms with Gasteiger partial charge in [0.15, 0.2) is 0 Å².